The minimum Gasteiger partial charge on any atom is -0.315 e. The lowest BCUT2D eigenvalue weighted by Gasteiger charge is -2.58. The summed E-state index contributed by atoms with van der Waals surface area (Å²) in [4.78, 5) is 0. The molecule has 2 saturated heterocycles. The molecule has 16 heavy (non-hydrogen) atoms. The molecular formula is C13H16N3. The zero-order chi connectivity index (χ0) is 10.6. The van der Waals surface area contributed by atoms with Gasteiger partial charge in [-0.05, 0) is 11.1 Å². The third-order valence-electron chi connectivity index (χ3n) is 4.29. The highest BCUT2D eigenvalue weighted by Gasteiger charge is 2.55. The van der Waals surface area contributed by atoms with Crippen LogP contribution in [0.2, 0.25) is 0 Å². The maximum Gasteiger partial charge on any atom is 0.0845 e. The number of benzene rings is 1. The Labute approximate surface area is 95.6 Å². The molecule has 0 aliphatic carbocycles. The second-order valence-electron chi connectivity index (χ2n) is 5.20. The zero-order valence-corrected chi connectivity index (χ0v) is 9.22. The summed E-state index contributed by atoms with van der Waals surface area (Å²) in [5.41, 5.74) is 3.36. The van der Waals surface area contributed by atoms with E-state index >= 15 is 0 Å². The lowest BCUT2D eigenvalue weighted by Crippen LogP contribution is -2.77. The van der Waals surface area contributed by atoms with Crippen LogP contribution < -0.4 is 16.0 Å². The standard InChI is InChI=1S/C13H16N3/c1-2-4-10-9(3-1)5-15-11(10)12-13(8-16-12)6-14-7-13/h1-4,12,14-16H,5-8H2. The van der Waals surface area contributed by atoms with Gasteiger partial charge in [-0.25, -0.2) is 0 Å². The molecule has 0 bridgehead atoms. The van der Waals surface area contributed by atoms with Crippen molar-refractivity contribution in [3.05, 3.63) is 41.4 Å². The van der Waals surface area contributed by atoms with Crippen molar-refractivity contribution in [2.75, 3.05) is 19.6 Å². The average Bonchev–Trinajstić information content (AvgIpc) is 2.59. The van der Waals surface area contributed by atoms with E-state index < -0.39 is 0 Å². The first kappa shape index (κ1) is 9.16. The zero-order valence-electron chi connectivity index (χ0n) is 9.22. The second kappa shape index (κ2) is 3.06. The van der Waals surface area contributed by atoms with Crippen molar-refractivity contribution in [3.8, 4) is 0 Å². The molecule has 3 nitrogen and oxygen atoms in total. The van der Waals surface area contributed by atoms with Crippen LogP contribution in [0.3, 0.4) is 0 Å². The van der Waals surface area contributed by atoms with Crippen LogP contribution in [0.5, 0.6) is 0 Å². The summed E-state index contributed by atoms with van der Waals surface area (Å²) in [6, 6.07) is 10.7. The van der Waals surface area contributed by atoms with E-state index in [9.17, 15) is 0 Å². The minimum absolute atomic E-state index is 0.500. The van der Waals surface area contributed by atoms with Gasteiger partial charge in [0.05, 0.1) is 6.04 Å². The highest BCUT2D eigenvalue weighted by Crippen LogP contribution is 2.42. The fourth-order valence-corrected chi connectivity index (χ4v) is 3.16. The molecule has 1 aromatic rings. The molecule has 3 aliphatic heterocycles. The molecule has 1 unspecified atom stereocenters. The molecule has 2 fully saturated rings. The van der Waals surface area contributed by atoms with Gasteiger partial charge < -0.3 is 16.0 Å². The summed E-state index contributed by atoms with van der Waals surface area (Å²) < 4.78 is 0. The quantitative estimate of drug-likeness (QED) is 0.626. The van der Waals surface area contributed by atoms with E-state index in [1.54, 1.807) is 0 Å². The predicted molar refractivity (Wildman–Crippen MR) is 62.7 cm³/mol. The van der Waals surface area contributed by atoms with E-state index in [2.05, 4.69) is 40.2 Å². The molecule has 4 rings (SSSR count). The number of fused-ring (bicyclic) bond motifs is 1. The molecular weight excluding hydrogens is 198 g/mol. The van der Waals surface area contributed by atoms with Crippen LogP contribution in [0.15, 0.2) is 24.3 Å². The van der Waals surface area contributed by atoms with E-state index in [0.29, 0.717) is 11.5 Å². The van der Waals surface area contributed by atoms with Crippen molar-refractivity contribution in [2.24, 2.45) is 5.41 Å². The lowest BCUT2D eigenvalue weighted by molar-refractivity contribution is 0.0284. The van der Waals surface area contributed by atoms with Crippen molar-refractivity contribution >= 4 is 0 Å². The van der Waals surface area contributed by atoms with Gasteiger partial charge in [-0.15, -0.1) is 0 Å². The first-order valence-electron chi connectivity index (χ1n) is 6.02. The number of hydrogen-bond acceptors (Lipinski definition) is 3. The van der Waals surface area contributed by atoms with Gasteiger partial charge in [0.15, 0.2) is 0 Å². The van der Waals surface area contributed by atoms with Crippen LogP contribution in [0, 0.1) is 11.5 Å². The normalized spacial score (nSPS) is 30.9. The monoisotopic (exact) mass is 214 g/mol. The molecule has 3 heterocycles. The molecule has 0 amide bonds. The van der Waals surface area contributed by atoms with Gasteiger partial charge in [0.2, 0.25) is 0 Å². The Morgan fingerprint density at radius 2 is 2.00 bits per heavy atom. The topological polar surface area (TPSA) is 36.1 Å². The van der Waals surface area contributed by atoms with E-state index in [-0.39, 0.29) is 0 Å². The van der Waals surface area contributed by atoms with Gasteiger partial charge in [-0.1, -0.05) is 24.3 Å². The van der Waals surface area contributed by atoms with Crippen LogP contribution in [0.25, 0.3) is 0 Å². The smallest absolute Gasteiger partial charge is 0.0845 e. The molecule has 1 aromatic carbocycles. The lowest BCUT2D eigenvalue weighted by atomic mass is 9.65. The Hall–Kier alpha value is -0.900. The molecule has 3 N–H and O–H groups in total. The van der Waals surface area contributed by atoms with Crippen LogP contribution >= 0.6 is 0 Å². The molecule has 3 aliphatic rings. The Morgan fingerprint density at radius 3 is 2.69 bits per heavy atom. The molecule has 0 saturated carbocycles. The van der Waals surface area contributed by atoms with Gasteiger partial charge in [-0.2, -0.15) is 0 Å². The van der Waals surface area contributed by atoms with Gasteiger partial charge in [-0.3, -0.25) is 0 Å². The average molecular weight is 214 g/mol. The van der Waals surface area contributed by atoms with Crippen molar-refractivity contribution in [2.45, 2.75) is 12.6 Å². The maximum atomic E-state index is 3.58. The largest absolute Gasteiger partial charge is 0.315 e. The van der Waals surface area contributed by atoms with Gasteiger partial charge >= 0.3 is 0 Å². The second-order valence-corrected chi connectivity index (χ2v) is 5.20. The fraction of sp³-hybridized carbons (Fsp3) is 0.462. The third-order valence-corrected chi connectivity index (χ3v) is 4.29. The van der Waals surface area contributed by atoms with Crippen LogP contribution in [0.1, 0.15) is 11.1 Å². The number of nitrogens with one attached hydrogen (secondary N) is 3. The van der Waals surface area contributed by atoms with Gasteiger partial charge in [0.1, 0.15) is 0 Å². The van der Waals surface area contributed by atoms with E-state index in [0.717, 1.165) is 26.2 Å². The molecule has 1 spiro atoms. The maximum absolute atomic E-state index is 3.58. The highest BCUT2D eigenvalue weighted by atomic mass is 15.2. The Kier molecular flexibility index (Phi) is 1.76. The van der Waals surface area contributed by atoms with Crippen LogP contribution in [-0.4, -0.2) is 25.7 Å². The van der Waals surface area contributed by atoms with Crippen molar-refractivity contribution in [3.63, 3.8) is 0 Å². The van der Waals surface area contributed by atoms with Gasteiger partial charge in [0.25, 0.3) is 0 Å². The summed E-state index contributed by atoms with van der Waals surface area (Å²) in [6.45, 7) is 4.49. The van der Waals surface area contributed by atoms with E-state index in [1.807, 2.05) is 0 Å². The first-order chi connectivity index (χ1) is 7.89. The van der Waals surface area contributed by atoms with Crippen LogP contribution in [-0.2, 0) is 6.54 Å². The van der Waals surface area contributed by atoms with E-state index in [4.69, 9.17) is 0 Å². The Balaban J connectivity index is 1.66. The number of rotatable bonds is 1. The van der Waals surface area contributed by atoms with Crippen LogP contribution in [0.4, 0.5) is 0 Å². The first-order valence-corrected chi connectivity index (χ1v) is 6.02. The molecule has 3 heteroatoms. The summed E-state index contributed by atoms with van der Waals surface area (Å²) in [5, 5.41) is 10.6. The summed E-state index contributed by atoms with van der Waals surface area (Å²) in [6.07, 6.45) is 0. The van der Waals surface area contributed by atoms with E-state index in [1.165, 1.54) is 17.2 Å². The van der Waals surface area contributed by atoms with Crippen molar-refractivity contribution < 1.29 is 0 Å². The molecule has 83 valence electrons. The Morgan fingerprint density at radius 1 is 1.12 bits per heavy atom. The minimum atomic E-state index is 0.500. The molecule has 0 aromatic heterocycles. The fourth-order valence-electron chi connectivity index (χ4n) is 3.16. The van der Waals surface area contributed by atoms with Crippen molar-refractivity contribution in [1.29, 1.82) is 0 Å². The molecule has 1 radical (unpaired) electrons. The highest BCUT2D eigenvalue weighted by molar-refractivity contribution is 5.46. The summed E-state index contributed by atoms with van der Waals surface area (Å²) in [5.74, 6) is 0. The molecule has 1 atom stereocenters. The van der Waals surface area contributed by atoms with Gasteiger partial charge in [0, 0.05) is 37.6 Å². The summed E-state index contributed by atoms with van der Waals surface area (Å²) in [7, 11) is 0. The third kappa shape index (κ3) is 1.03. The summed E-state index contributed by atoms with van der Waals surface area (Å²) >= 11 is 0. The Bertz CT molecular complexity index is 419. The van der Waals surface area contributed by atoms with Crippen molar-refractivity contribution in [1.82, 2.24) is 16.0 Å². The SMILES string of the molecule is c1ccc2c(c1)CN[C]2C1NCC12CNC2. The predicted octanol–water partition coefficient (Wildman–Crippen LogP) is 0.231. The number of hydrogen-bond donors (Lipinski definition) is 3.